The van der Waals surface area contributed by atoms with Crippen molar-refractivity contribution in [3.05, 3.63) is 59.7 Å². The van der Waals surface area contributed by atoms with E-state index >= 15 is 0 Å². The lowest BCUT2D eigenvalue weighted by Gasteiger charge is -2.25. The first-order valence-electron chi connectivity index (χ1n) is 11.1. The molecule has 2 N–H and O–H groups in total. The van der Waals surface area contributed by atoms with E-state index < -0.39 is 16.1 Å². The largest absolute Gasteiger partial charge is 0.340 e. The molecule has 2 aromatic carbocycles. The number of sulfonamides is 1. The molecule has 178 valence electrons. The maximum absolute atomic E-state index is 13.0. The van der Waals surface area contributed by atoms with E-state index in [0.717, 1.165) is 26.1 Å². The van der Waals surface area contributed by atoms with E-state index in [9.17, 15) is 18.0 Å². The maximum atomic E-state index is 13.0. The Labute approximate surface area is 196 Å². The standard InChI is InChI=1S/C24H32N4O4S/c1-18-5-7-21(8-6-18)17-27-13-4-14-28(16-15-27)24(30)19(2)26-33(31,32)23-11-9-22(10-12-23)25-20(3)29/h5-12,19,26H,4,13-17H2,1-3H3,(H,25,29). The molecule has 33 heavy (non-hydrogen) atoms. The van der Waals surface area contributed by atoms with Crippen molar-refractivity contribution in [2.45, 2.75) is 44.7 Å². The third-order valence-corrected chi connectivity index (χ3v) is 7.17. The zero-order valence-electron chi connectivity index (χ0n) is 19.4. The first-order chi connectivity index (χ1) is 15.6. The molecule has 1 aliphatic heterocycles. The van der Waals surface area contributed by atoms with Crippen molar-refractivity contribution in [3.8, 4) is 0 Å². The Morgan fingerprint density at radius 3 is 2.27 bits per heavy atom. The smallest absolute Gasteiger partial charge is 0.241 e. The average molecular weight is 473 g/mol. The van der Waals surface area contributed by atoms with Gasteiger partial charge in [0.15, 0.2) is 0 Å². The van der Waals surface area contributed by atoms with Gasteiger partial charge in [-0.25, -0.2) is 8.42 Å². The molecule has 0 saturated carbocycles. The lowest BCUT2D eigenvalue weighted by molar-refractivity contribution is -0.132. The van der Waals surface area contributed by atoms with Gasteiger partial charge in [0.05, 0.1) is 10.9 Å². The van der Waals surface area contributed by atoms with Crippen molar-refractivity contribution in [1.29, 1.82) is 0 Å². The predicted octanol–water partition coefficient (Wildman–Crippen LogP) is 2.35. The minimum Gasteiger partial charge on any atom is -0.340 e. The number of benzene rings is 2. The van der Waals surface area contributed by atoms with Gasteiger partial charge in [0.1, 0.15) is 0 Å². The van der Waals surface area contributed by atoms with Crippen LogP contribution in [0.15, 0.2) is 53.4 Å². The fourth-order valence-corrected chi connectivity index (χ4v) is 5.04. The number of nitrogens with zero attached hydrogens (tertiary/aromatic N) is 2. The Balaban J connectivity index is 1.56. The summed E-state index contributed by atoms with van der Waals surface area (Å²) in [6.45, 7) is 8.63. The number of carbonyl (C=O) groups is 2. The van der Waals surface area contributed by atoms with Crippen LogP contribution in [0, 0.1) is 6.92 Å². The highest BCUT2D eigenvalue weighted by molar-refractivity contribution is 7.89. The highest BCUT2D eigenvalue weighted by atomic mass is 32.2. The molecule has 0 bridgehead atoms. The van der Waals surface area contributed by atoms with Crippen LogP contribution in [0.4, 0.5) is 5.69 Å². The second-order valence-electron chi connectivity index (χ2n) is 8.49. The first-order valence-corrected chi connectivity index (χ1v) is 12.6. The Kier molecular flexibility index (Phi) is 8.23. The normalized spacial score (nSPS) is 16.2. The number of aryl methyl sites for hydroxylation is 1. The van der Waals surface area contributed by atoms with Gasteiger partial charge < -0.3 is 10.2 Å². The van der Waals surface area contributed by atoms with Gasteiger partial charge in [-0.05, 0) is 50.1 Å². The molecule has 9 heteroatoms. The number of carbonyl (C=O) groups excluding carboxylic acids is 2. The minimum atomic E-state index is -3.87. The van der Waals surface area contributed by atoms with Crippen LogP contribution in [-0.2, 0) is 26.2 Å². The van der Waals surface area contributed by atoms with Gasteiger partial charge in [0.2, 0.25) is 21.8 Å². The van der Waals surface area contributed by atoms with Gasteiger partial charge >= 0.3 is 0 Å². The van der Waals surface area contributed by atoms with Crippen LogP contribution in [0.3, 0.4) is 0 Å². The van der Waals surface area contributed by atoms with Crippen molar-refractivity contribution in [2.24, 2.45) is 0 Å². The van der Waals surface area contributed by atoms with E-state index in [1.54, 1.807) is 11.8 Å². The van der Waals surface area contributed by atoms with Crippen molar-refractivity contribution in [1.82, 2.24) is 14.5 Å². The van der Waals surface area contributed by atoms with Crippen LogP contribution in [0.5, 0.6) is 0 Å². The molecule has 0 aromatic heterocycles. The predicted molar refractivity (Wildman–Crippen MR) is 128 cm³/mol. The van der Waals surface area contributed by atoms with Crippen LogP contribution >= 0.6 is 0 Å². The van der Waals surface area contributed by atoms with Crippen LogP contribution in [-0.4, -0.2) is 62.3 Å². The van der Waals surface area contributed by atoms with E-state index in [2.05, 4.69) is 46.1 Å². The van der Waals surface area contributed by atoms with E-state index in [1.807, 2.05) is 0 Å². The molecule has 1 aliphatic rings. The van der Waals surface area contributed by atoms with E-state index in [4.69, 9.17) is 0 Å². The molecule has 3 rings (SSSR count). The molecular weight excluding hydrogens is 440 g/mol. The average Bonchev–Trinajstić information content (AvgIpc) is 3.00. The van der Waals surface area contributed by atoms with Crippen molar-refractivity contribution >= 4 is 27.5 Å². The van der Waals surface area contributed by atoms with Crippen LogP contribution in [0.1, 0.15) is 31.4 Å². The second kappa shape index (κ2) is 10.9. The molecule has 1 unspecified atom stereocenters. The molecule has 1 saturated heterocycles. The molecule has 0 radical (unpaired) electrons. The van der Waals surface area contributed by atoms with Crippen LogP contribution < -0.4 is 10.0 Å². The zero-order valence-corrected chi connectivity index (χ0v) is 20.2. The van der Waals surface area contributed by atoms with E-state index in [-0.39, 0.29) is 16.7 Å². The lowest BCUT2D eigenvalue weighted by Crippen LogP contribution is -2.47. The van der Waals surface area contributed by atoms with Crippen molar-refractivity contribution in [2.75, 3.05) is 31.5 Å². The SMILES string of the molecule is CC(=O)Nc1ccc(S(=O)(=O)NC(C)C(=O)N2CCCN(Cc3ccc(C)cc3)CC2)cc1. The van der Waals surface area contributed by atoms with Gasteiger partial charge in [-0.1, -0.05) is 29.8 Å². The summed E-state index contributed by atoms with van der Waals surface area (Å²) in [7, 11) is -3.87. The monoisotopic (exact) mass is 472 g/mol. The first kappa shape index (κ1) is 24.9. The summed E-state index contributed by atoms with van der Waals surface area (Å²) in [5, 5.41) is 2.59. The zero-order chi connectivity index (χ0) is 24.0. The number of hydrogen-bond acceptors (Lipinski definition) is 5. The van der Waals surface area contributed by atoms with Crippen LogP contribution in [0.2, 0.25) is 0 Å². The van der Waals surface area contributed by atoms with Gasteiger partial charge in [-0.3, -0.25) is 14.5 Å². The summed E-state index contributed by atoms with van der Waals surface area (Å²) in [6, 6.07) is 13.4. The molecule has 0 spiro atoms. The van der Waals surface area contributed by atoms with Crippen molar-refractivity contribution in [3.63, 3.8) is 0 Å². The highest BCUT2D eigenvalue weighted by Gasteiger charge is 2.27. The summed E-state index contributed by atoms with van der Waals surface area (Å²) < 4.78 is 28.0. The highest BCUT2D eigenvalue weighted by Crippen LogP contribution is 2.15. The third kappa shape index (κ3) is 7.12. The summed E-state index contributed by atoms with van der Waals surface area (Å²) in [5.74, 6) is -0.469. The molecule has 0 aliphatic carbocycles. The second-order valence-corrected chi connectivity index (χ2v) is 10.2. The Morgan fingerprint density at radius 2 is 1.64 bits per heavy atom. The molecule has 1 fully saturated rings. The van der Waals surface area contributed by atoms with Crippen LogP contribution in [0.25, 0.3) is 0 Å². The minimum absolute atomic E-state index is 0.0383. The molecular formula is C24H32N4O4S. The number of hydrogen-bond donors (Lipinski definition) is 2. The van der Waals surface area contributed by atoms with Crippen molar-refractivity contribution < 1.29 is 18.0 Å². The quantitative estimate of drug-likeness (QED) is 0.645. The molecule has 8 nitrogen and oxygen atoms in total. The fourth-order valence-electron chi connectivity index (χ4n) is 3.85. The Bertz CT molecular complexity index is 1070. The number of anilines is 1. The lowest BCUT2D eigenvalue weighted by atomic mass is 10.1. The maximum Gasteiger partial charge on any atom is 0.241 e. The van der Waals surface area contributed by atoms with Gasteiger partial charge in [-0.15, -0.1) is 0 Å². The topological polar surface area (TPSA) is 98.8 Å². The summed E-state index contributed by atoms with van der Waals surface area (Å²) in [5.41, 5.74) is 2.97. The van der Waals surface area contributed by atoms with Gasteiger partial charge in [0, 0.05) is 45.3 Å². The summed E-state index contributed by atoms with van der Waals surface area (Å²) >= 11 is 0. The van der Waals surface area contributed by atoms with Gasteiger partial charge in [-0.2, -0.15) is 4.72 Å². The third-order valence-electron chi connectivity index (χ3n) is 5.61. The summed E-state index contributed by atoms with van der Waals surface area (Å²) in [6.07, 6.45) is 0.835. The molecule has 2 amide bonds. The van der Waals surface area contributed by atoms with Gasteiger partial charge in [0.25, 0.3) is 0 Å². The molecule has 2 aromatic rings. The molecule has 1 atom stereocenters. The Hall–Kier alpha value is -2.75. The Morgan fingerprint density at radius 1 is 0.970 bits per heavy atom. The van der Waals surface area contributed by atoms with E-state index in [1.165, 1.54) is 42.3 Å². The molecule has 1 heterocycles. The fraction of sp³-hybridized carbons (Fsp3) is 0.417. The van der Waals surface area contributed by atoms with E-state index in [0.29, 0.717) is 18.8 Å². The number of nitrogens with one attached hydrogen (secondary N) is 2. The number of amides is 2. The number of rotatable bonds is 7. The summed E-state index contributed by atoms with van der Waals surface area (Å²) in [4.78, 5) is 28.2.